The van der Waals surface area contributed by atoms with Crippen LogP contribution in [0.15, 0.2) is 316 Å². The molecule has 0 saturated heterocycles. The van der Waals surface area contributed by atoms with Gasteiger partial charge in [-0.3, -0.25) is 9.97 Å². The first-order chi connectivity index (χ1) is 41.7. The standard InChI is InChI=1S/C78H56BN5/c1-7-23-55(24-8-1)66-37-19-38-67(56-25-9-2-10-26-56)70(66)53-82-74-47-59(61-31-21-45-80-51-61)41-43-72(74)79-73-44-42-60(62-32-22-46-81-52-62)48-75(73)83(54-71-68(57-27-11-3-12-28-57)39-20-40-69(71)58-29-13-4-14-30-58)77-50-65(49-76(82)78(77)79)84(63-33-15-5-16-34-63)64-35-17-6-18-36-64/h1-52H,53-54H2. The number of hydrogen-bond acceptors (Lipinski definition) is 5. The van der Waals surface area contributed by atoms with Gasteiger partial charge in [0.1, 0.15) is 0 Å². The van der Waals surface area contributed by atoms with Gasteiger partial charge >= 0.3 is 0 Å². The summed E-state index contributed by atoms with van der Waals surface area (Å²) in [6.45, 7) is 0.991. The van der Waals surface area contributed by atoms with E-state index in [0.29, 0.717) is 13.1 Å². The molecular weight excluding hydrogens is 1020 g/mol. The molecule has 0 saturated carbocycles. The second kappa shape index (κ2) is 21.9. The molecule has 0 fully saturated rings. The topological polar surface area (TPSA) is 35.5 Å². The molecule has 6 heteroatoms. The third-order valence-corrected chi connectivity index (χ3v) is 16.9. The van der Waals surface area contributed by atoms with Crippen LogP contribution in [0.25, 0.3) is 66.8 Å². The Balaban J connectivity index is 1.06. The van der Waals surface area contributed by atoms with E-state index in [1.165, 1.54) is 72.0 Å². The molecule has 15 rings (SSSR count). The first kappa shape index (κ1) is 50.2. The van der Waals surface area contributed by atoms with Gasteiger partial charge in [-0.1, -0.05) is 231 Å². The van der Waals surface area contributed by atoms with E-state index in [9.17, 15) is 0 Å². The minimum Gasteiger partial charge on any atom is -0.338 e. The van der Waals surface area contributed by atoms with Gasteiger partial charge in [0.2, 0.25) is 0 Å². The van der Waals surface area contributed by atoms with Crippen LogP contribution in [0, 0.1) is 0 Å². The lowest BCUT2D eigenvalue weighted by Crippen LogP contribution is -2.62. The Kier molecular flexibility index (Phi) is 13.1. The lowest BCUT2D eigenvalue weighted by molar-refractivity contribution is 0.964. The van der Waals surface area contributed by atoms with Crippen molar-refractivity contribution in [3.8, 4) is 66.8 Å². The molecule has 0 atom stereocenters. The minimum atomic E-state index is -0.148. The number of benzene rings is 11. The van der Waals surface area contributed by atoms with E-state index in [-0.39, 0.29) is 6.71 Å². The van der Waals surface area contributed by atoms with Gasteiger partial charge in [-0.15, -0.1) is 0 Å². The van der Waals surface area contributed by atoms with E-state index in [1.54, 1.807) is 0 Å². The summed E-state index contributed by atoms with van der Waals surface area (Å²) >= 11 is 0. The number of nitrogens with zero attached hydrogens (tertiary/aromatic N) is 5. The Morgan fingerprint density at radius 3 is 0.976 bits per heavy atom. The molecule has 0 radical (unpaired) electrons. The van der Waals surface area contributed by atoms with Crippen molar-refractivity contribution in [3.05, 3.63) is 327 Å². The van der Waals surface area contributed by atoms with E-state index in [1.807, 2.05) is 36.9 Å². The number of anilines is 7. The normalized spacial score (nSPS) is 12.1. The van der Waals surface area contributed by atoms with Crippen LogP contribution in [0.5, 0.6) is 0 Å². The Hall–Kier alpha value is -10.8. The van der Waals surface area contributed by atoms with Gasteiger partial charge in [-0.2, -0.15) is 0 Å². The molecule has 2 aliphatic rings. The Morgan fingerprint density at radius 2 is 0.631 bits per heavy atom. The van der Waals surface area contributed by atoms with E-state index < -0.39 is 0 Å². The number of hydrogen-bond donors (Lipinski definition) is 0. The average Bonchev–Trinajstić information content (AvgIpc) is 3.70. The van der Waals surface area contributed by atoms with E-state index in [2.05, 4.69) is 304 Å². The second-order valence-electron chi connectivity index (χ2n) is 21.7. The number of fused-ring (bicyclic) bond motifs is 4. The maximum absolute atomic E-state index is 4.65. The monoisotopic (exact) mass is 1070 g/mol. The summed E-state index contributed by atoms with van der Waals surface area (Å²) < 4.78 is 0. The fraction of sp³-hybridized carbons (Fsp3) is 0.0256. The van der Waals surface area contributed by atoms with Crippen molar-refractivity contribution in [2.45, 2.75) is 13.1 Å². The van der Waals surface area contributed by atoms with Crippen LogP contribution in [0.2, 0.25) is 0 Å². The lowest BCUT2D eigenvalue weighted by atomic mass is 9.33. The number of aromatic nitrogens is 2. The van der Waals surface area contributed by atoms with Gasteiger partial charge in [0.15, 0.2) is 0 Å². The van der Waals surface area contributed by atoms with Crippen LogP contribution in [-0.2, 0) is 13.1 Å². The maximum atomic E-state index is 4.65. The van der Waals surface area contributed by atoms with Gasteiger partial charge in [-0.05, 0) is 144 Å². The van der Waals surface area contributed by atoms with Crippen molar-refractivity contribution in [1.82, 2.24) is 9.97 Å². The molecule has 0 bridgehead atoms. The third kappa shape index (κ3) is 9.20. The van der Waals surface area contributed by atoms with Crippen LogP contribution >= 0.6 is 0 Å². The predicted octanol–water partition coefficient (Wildman–Crippen LogP) is 17.8. The number of rotatable bonds is 13. The van der Waals surface area contributed by atoms with Gasteiger partial charge in [0.05, 0.1) is 5.69 Å². The lowest BCUT2D eigenvalue weighted by Gasteiger charge is -2.45. The van der Waals surface area contributed by atoms with Crippen molar-refractivity contribution in [2.24, 2.45) is 0 Å². The summed E-state index contributed by atoms with van der Waals surface area (Å²) in [5.74, 6) is 0. The molecule has 0 spiro atoms. The van der Waals surface area contributed by atoms with E-state index >= 15 is 0 Å². The molecule has 2 aliphatic heterocycles. The van der Waals surface area contributed by atoms with Crippen LogP contribution < -0.4 is 31.1 Å². The average molecular weight is 1070 g/mol. The quantitative estimate of drug-likeness (QED) is 0.108. The fourth-order valence-corrected chi connectivity index (χ4v) is 13.0. The van der Waals surface area contributed by atoms with Crippen LogP contribution in [0.4, 0.5) is 39.8 Å². The molecule has 0 N–H and O–H groups in total. The first-order valence-corrected chi connectivity index (χ1v) is 28.9. The number of para-hydroxylation sites is 2. The van der Waals surface area contributed by atoms with Gasteiger partial charge < -0.3 is 14.7 Å². The van der Waals surface area contributed by atoms with Crippen molar-refractivity contribution in [1.29, 1.82) is 0 Å². The smallest absolute Gasteiger partial charge is 0.252 e. The Bertz CT molecular complexity index is 4070. The van der Waals surface area contributed by atoms with E-state index in [4.69, 9.17) is 0 Å². The number of pyridine rings is 2. The van der Waals surface area contributed by atoms with Gasteiger partial charge in [-0.25, -0.2) is 0 Å². The highest BCUT2D eigenvalue weighted by molar-refractivity contribution is 7.00. The highest BCUT2D eigenvalue weighted by Crippen LogP contribution is 2.48. The molecule has 11 aromatic carbocycles. The summed E-state index contributed by atoms with van der Waals surface area (Å²) in [4.78, 5) is 17.0. The van der Waals surface area contributed by atoms with Crippen LogP contribution in [0.3, 0.4) is 0 Å². The largest absolute Gasteiger partial charge is 0.338 e. The maximum Gasteiger partial charge on any atom is 0.252 e. The highest BCUT2D eigenvalue weighted by Gasteiger charge is 2.44. The third-order valence-electron chi connectivity index (χ3n) is 16.9. The van der Waals surface area contributed by atoms with Crippen molar-refractivity contribution in [3.63, 3.8) is 0 Å². The fourth-order valence-electron chi connectivity index (χ4n) is 13.0. The predicted molar refractivity (Wildman–Crippen MR) is 351 cm³/mol. The Morgan fingerprint density at radius 1 is 0.286 bits per heavy atom. The summed E-state index contributed by atoms with van der Waals surface area (Å²) in [6, 6.07) is 107. The van der Waals surface area contributed by atoms with Crippen molar-refractivity contribution in [2.75, 3.05) is 14.7 Å². The van der Waals surface area contributed by atoms with Crippen LogP contribution in [-0.4, -0.2) is 16.7 Å². The molecule has 396 valence electrons. The molecule has 0 amide bonds. The van der Waals surface area contributed by atoms with Crippen LogP contribution in [0.1, 0.15) is 11.1 Å². The highest BCUT2D eigenvalue weighted by atomic mass is 15.2. The summed E-state index contributed by atoms with van der Waals surface area (Å²) in [5, 5.41) is 0. The SMILES string of the molecule is c1ccc(-c2cccc(-c3ccccc3)c2CN2c3cc(-c4cccnc4)ccc3B3c4ccc(-c5cccnc5)cc4N(Cc4c(-c5ccccc5)cccc4-c4ccccc4)c4cc(N(c5ccccc5)c5ccccc5)cc2c43)cc1. The summed E-state index contributed by atoms with van der Waals surface area (Å²) in [6.07, 6.45) is 7.69. The molecule has 13 aromatic rings. The molecule has 2 aromatic heterocycles. The molecule has 5 nitrogen and oxygen atoms in total. The van der Waals surface area contributed by atoms with Gasteiger partial charge in [0, 0.05) is 83.1 Å². The van der Waals surface area contributed by atoms with Crippen molar-refractivity contribution < 1.29 is 0 Å². The molecule has 4 heterocycles. The van der Waals surface area contributed by atoms with Gasteiger partial charge in [0.25, 0.3) is 6.71 Å². The zero-order valence-electron chi connectivity index (χ0n) is 46.2. The first-order valence-electron chi connectivity index (χ1n) is 28.9. The molecule has 84 heavy (non-hydrogen) atoms. The summed E-state index contributed by atoms with van der Waals surface area (Å²) in [5.41, 5.74) is 27.9. The molecule has 0 unspecified atom stereocenters. The zero-order valence-corrected chi connectivity index (χ0v) is 46.2. The molecule has 0 aliphatic carbocycles. The summed E-state index contributed by atoms with van der Waals surface area (Å²) in [7, 11) is 0. The zero-order chi connectivity index (χ0) is 55.8. The van der Waals surface area contributed by atoms with Crippen molar-refractivity contribution >= 4 is 62.9 Å². The molecular formula is C78H56BN5. The second-order valence-corrected chi connectivity index (χ2v) is 21.7. The van der Waals surface area contributed by atoms with E-state index in [0.717, 1.165) is 62.1 Å². The Labute approximate surface area is 491 Å². The minimum absolute atomic E-state index is 0.148.